The molecule has 0 bridgehead atoms. The molecule has 0 spiro atoms. The van der Waals surface area contributed by atoms with Gasteiger partial charge in [-0.2, -0.15) is 4.37 Å². The van der Waals surface area contributed by atoms with E-state index in [-0.39, 0.29) is 28.6 Å². The number of nitrogens with one attached hydrogen (secondary N) is 1. The number of anilines is 1. The van der Waals surface area contributed by atoms with Crippen LogP contribution in [0.5, 0.6) is 5.75 Å². The Balaban J connectivity index is 1.77. The highest BCUT2D eigenvalue weighted by atomic mass is 32.1. The molecule has 3 rings (SSSR count). The van der Waals surface area contributed by atoms with E-state index in [1.165, 1.54) is 30.3 Å². The number of carbonyl (C=O) groups is 1. The topological polar surface area (TPSA) is 97.5 Å². The minimum atomic E-state index is -4.81. The van der Waals surface area contributed by atoms with Gasteiger partial charge in [0, 0.05) is 23.5 Å². The van der Waals surface area contributed by atoms with E-state index in [0.29, 0.717) is 11.4 Å². The maximum Gasteiger partial charge on any atom is 0.573 e. The number of rotatable bonds is 6. The fraction of sp³-hybridized carbons (Fsp3) is 0.278. The third-order valence-electron chi connectivity index (χ3n) is 3.68. The number of amides is 1. The Morgan fingerprint density at radius 2 is 2.14 bits per heavy atom. The van der Waals surface area contributed by atoms with E-state index in [2.05, 4.69) is 19.4 Å². The molecule has 1 atom stereocenters. The Kier molecular flexibility index (Phi) is 5.89. The molecule has 1 amide bonds. The predicted octanol–water partition coefficient (Wildman–Crippen LogP) is 4.18. The molecule has 2 heterocycles. The zero-order valence-electron chi connectivity index (χ0n) is 15.3. The zero-order chi connectivity index (χ0) is 21.2. The van der Waals surface area contributed by atoms with Crippen molar-refractivity contribution in [3.8, 4) is 17.1 Å². The molecule has 1 aromatic carbocycles. The number of hydrogen-bond donors (Lipinski definition) is 2. The van der Waals surface area contributed by atoms with Crippen LogP contribution in [0.3, 0.4) is 0 Å². The van der Waals surface area contributed by atoms with Crippen molar-refractivity contribution in [1.29, 1.82) is 0 Å². The first kappa shape index (κ1) is 20.8. The molecule has 0 aliphatic heterocycles. The second-order valence-electron chi connectivity index (χ2n) is 6.18. The molecule has 0 saturated carbocycles. The molecule has 154 valence electrons. The maximum atomic E-state index is 12.5. The molecule has 2 aromatic heterocycles. The predicted molar refractivity (Wildman–Crippen MR) is 98.8 cm³/mol. The number of ether oxygens (including phenoxy) is 1. The molecule has 2 N–H and O–H groups in total. The summed E-state index contributed by atoms with van der Waals surface area (Å²) in [5.41, 5.74) is 0.526. The molecule has 11 heteroatoms. The molecule has 7 nitrogen and oxygen atoms in total. The van der Waals surface area contributed by atoms with Gasteiger partial charge in [-0.05, 0) is 32.0 Å². The molecular weight excluding hydrogens is 411 g/mol. The van der Waals surface area contributed by atoms with E-state index in [9.17, 15) is 23.1 Å². The summed E-state index contributed by atoms with van der Waals surface area (Å²) in [6, 6.07) is 6.69. The van der Waals surface area contributed by atoms with Gasteiger partial charge in [-0.25, -0.2) is 4.98 Å². The van der Waals surface area contributed by atoms with E-state index in [4.69, 9.17) is 4.42 Å². The summed E-state index contributed by atoms with van der Waals surface area (Å²) in [7, 11) is 0. The number of carbonyl (C=O) groups excluding carboxylic acids is 1. The van der Waals surface area contributed by atoms with Crippen molar-refractivity contribution in [3.63, 3.8) is 0 Å². The van der Waals surface area contributed by atoms with E-state index in [0.717, 1.165) is 11.5 Å². The Morgan fingerprint density at radius 1 is 1.38 bits per heavy atom. The lowest BCUT2D eigenvalue weighted by molar-refractivity contribution is -0.274. The minimum absolute atomic E-state index is 0.203. The van der Waals surface area contributed by atoms with Crippen LogP contribution in [0.4, 0.5) is 18.3 Å². The molecule has 0 radical (unpaired) electrons. The van der Waals surface area contributed by atoms with Crippen LogP contribution in [0.2, 0.25) is 0 Å². The second kappa shape index (κ2) is 8.21. The lowest BCUT2D eigenvalue weighted by atomic mass is 10.1. The van der Waals surface area contributed by atoms with Crippen LogP contribution in [-0.2, 0) is 6.42 Å². The molecule has 0 saturated heterocycles. The monoisotopic (exact) mass is 427 g/mol. The number of benzene rings is 1. The number of aliphatic hydroxyl groups excluding tert-OH is 1. The second-order valence-corrected chi connectivity index (χ2v) is 6.93. The summed E-state index contributed by atoms with van der Waals surface area (Å²) < 4.78 is 50.7. The van der Waals surface area contributed by atoms with Gasteiger partial charge >= 0.3 is 6.36 Å². The van der Waals surface area contributed by atoms with E-state index < -0.39 is 24.1 Å². The van der Waals surface area contributed by atoms with Crippen molar-refractivity contribution >= 4 is 22.6 Å². The lowest BCUT2D eigenvalue weighted by Crippen LogP contribution is -2.17. The normalized spacial score (nSPS) is 12.6. The van der Waals surface area contributed by atoms with Crippen molar-refractivity contribution in [3.05, 3.63) is 47.5 Å². The Bertz CT molecular complexity index is 1010. The molecule has 0 aliphatic carbocycles. The molecule has 1 unspecified atom stereocenters. The van der Waals surface area contributed by atoms with Gasteiger partial charge in [0.2, 0.25) is 5.13 Å². The number of hydrogen-bond acceptors (Lipinski definition) is 7. The van der Waals surface area contributed by atoms with Crippen LogP contribution in [0.1, 0.15) is 28.9 Å². The van der Waals surface area contributed by atoms with Gasteiger partial charge < -0.3 is 14.3 Å². The number of aryl methyl sites for hydroxylation is 1. The quantitative estimate of drug-likeness (QED) is 0.613. The van der Waals surface area contributed by atoms with Gasteiger partial charge in [0.05, 0.1) is 11.7 Å². The zero-order valence-corrected chi connectivity index (χ0v) is 16.1. The molecular formula is C18H16F3N3O4S. The van der Waals surface area contributed by atoms with Crippen LogP contribution in [0.25, 0.3) is 11.3 Å². The first-order valence-corrected chi connectivity index (χ1v) is 9.16. The summed E-state index contributed by atoms with van der Waals surface area (Å²) in [4.78, 5) is 16.6. The van der Waals surface area contributed by atoms with Gasteiger partial charge in [-0.1, -0.05) is 12.1 Å². The summed E-state index contributed by atoms with van der Waals surface area (Å²) in [6.45, 7) is 3.16. The van der Waals surface area contributed by atoms with Gasteiger partial charge in [0.1, 0.15) is 23.1 Å². The molecule has 3 aromatic rings. The summed E-state index contributed by atoms with van der Waals surface area (Å²) >= 11 is 0.973. The number of aromatic nitrogens is 2. The average molecular weight is 427 g/mol. The lowest BCUT2D eigenvalue weighted by Gasteiger charge is -2.09. The number of nitrogens with zero attached hydrogens (tertiary/aromatic N) is 2. The van der Waals surface area contributed by atoms with Crippen molar-refractivity contribution < 1.29 is 32.2 Å². The van der Waals surface area contributed by atoms with Gasteiger partial charge in [-0.15, -0.1) is 13.2 Å². The van der Waals surface area contributed by atoms with Gasteiger partial charge in [0.25, 0.3) is 5.91 Å². The third-order valence-corrected chi connectivity index (χ3v) is 4.35. The number of halogens is 3. The van der Waals surface area contributed by atoms with Crippen molar-refractivity contribution in [1.82, 2.24) is 9.36 Å². The Morgan fingerprint density at radius 3 is 2.83 bits per heavy atom. The first-order valence-electron chi connectivity index (χ1n) is 8.39. The van der Waals surface area contributed by atoms with Crippen LogP contribution in [0, 0.1) is 6.92 Å². The minimum Gasteiger partial charge on any atom is -0.461 e. The van der Waals surface area contributed by atoms with Crippen LogP contribution in [-0.4, -0.2) is 32.8 Å². The first-order chi connectivity index (χ1) is 13.6. The largest absolute Gasteiger partial charge is 0.573 e. The maximum absolute atomic E-state index is 12.5. The highest BCUT2D eigenvalue weighted by Crippen LogP contribution is 2.30. The van der Waals surface area contributed by atoms with Crippen LogP contribution in [0.15, 0.2) is 34.7 Å². The Hall–Kier alpha value is -2.92. The standard InChI is InChI=1S/C18H16F3N3O4S/c1-9(25)6-15-22-17(29-24-15)23-16(26)13-8-14(27-10(13)2)11-4-3-5-12(7-11)28-18(19,20)21/h3-5,7-9,25H,6H2,1-2H3,(H,22,23,24,26). The summed E-state index contributed by atoms with van der Waals surface area (Å²) in [5.74, 6) is 0.0153. The van der Waals surface area contributed by atoms with E-state index in [1.807, 2.05) is 0 Å². The highest BCUT2D eigenvalue weighted by Gasteiger charge is 2.31. The van der Waals surface area contributed by atoms with E-state index in [1.54, 1.807) is 13.8 Å². The average Bonchev–Trinajstić information content (AvgIpc) is 3.19. The van der Waals surface area contributed by atoms with Crippen molar-refractivity contribution in [2.24, 2.45) is 0 Å². The van der Waals surface area contributed by atoms with Gasteiger partial charge in [0.15, 0.2) is 0 Å². The SMILES string of the molecule is Cc1oc(-c2cccc(OC(F)(F)F)c2)cc1C(=O)Nc1nc(CC(C)O)ns1. The van der Waals surface area contributed by atoms with E-state index >= 15 is 0 Å². The fourth-order valence-corrected chi connectivity index (χ4v) is 3.10. The number of aliphatic hydroxyl groups is 1. The van der Waals surface area contributed by atoms with Crippen molar-refractivity contribution in [2.75, 3.05) is 5.32 Å². The molecule has 29 heavy (non-hydrogen) atoms. The number of alkyl halides is 3. The van der Waals surface area contributed by atoms with Gasteiger partial charge in [-0.3, -0.25) is 10.1 Å². The smallest absolute Gasteiger partial charge is 0.461 e. The number of furan rings is 1. The Labute approximate surface area is 167 Å². The summed E-state index contributed by atoms with van der Waals surface area (Å²) in [5, 5.41) is 12.2. The van der Waals surface area contributed by atoms with Crippen LogP contribution >= 0.6 is 11.5 Å². The summed E-state index contributed by atoms with van der Waals surface area (Å²) in [6.07, 6.45) is -5.15. The van der Waals surface area contributed by atoms with Crippen LogP contribution < -0.4 is 10.1 Å². The van der Waals surface area contributed by atoms with Crippen molar-refractivity contribution in [2.45, 2.75) is 32.7 Å². The molecule has 0 fully saturated rings. The third kappa shape index (κ3) is 5.55. The molecule has 0 aliphatic rings. The fourth-order valence-electron chi connectivity index (χ4n) is 2.51. The highest BCUT2D eigenvalue weighted by molar-refractivity contribution is 7.09.